The van der Waals surface area contributed by atoms with Crippen LogP contribution in [-0.2, 0) is 0 Å². The fourth-order valence-corrected chi connectivity index (χ4v) is 1.76. The number of hydrogen-bond donors (Lipinski definition) is 0. The molecular weight excluding hydrogens is 198 g/mol. The minimum Gasteiger partial charge on any atom is -0.289 e. The first-order valence-electron chi connectivity index (χ1n) is 4.22. The third kappa shape index (κ3) is 0.992. The van der Waals surface area contributed by atoms with Gasteiger partial charge in [0.25, 0.3) is 0 Å². The van der Waals surface area contributed by atoms with Gasteiger partial charge in [-0.1, -0.05) is 11.6 Å². The lowest BCUT2D eigenvalue weighted by molar-refractivity contribution is 1.10. The average molecular weight is 204 g/mol. The van der Waals surface area contributed by atoms with Crippen LogP contribution < -0.4 is 0 Å². The molecule has 0 saturated heterocycles. The summed E-state index contributed by atoms with van der Waals surface area (Å²) < 4.78 is 1.89. The molecule has 1 aromatic carbocycles. The maximum atomic E-state index is 5.90. The van der Waals surface area contributed by atoms with E-state index in [-0.39, 0.29) is 0 Å². The number of aromatic nitrogens is 3. The van der Waals surface area contributed by atoms with Gasteiger partial charge in [-0.15, -0.1) is 10.2 Å². The molecule has 4 heteroatoms. The monoisotopic (exact) mass is 203 g/mol. The van der Waals surface area contributed by atoms with Crippen LogP contribution in [0.2, 0.25) is 5.02 Å². The van der Waals surface area contributed by atoms with Crippen molar-refractivity contribution in [3.63, 3.8) is 0 Å². The minimum absolute atomic E-state index is 0.737. The second-order valence-electron chi connectivity index (χ2n) is 3.11. The van der Waals surface area contributed by atoms with Gasteiger partial charge in [0.15, 0.2) is 5.65 Å². The normalized spacial score (nSPS) is 11.2. The van der Waals surface area contributed by atoms with E-state index in [9.17, 15) is 0 Å². The summed E-state index contributed by atoms with van der Waals surface area (Å²) in [5.74, 6) is 0. The fraction of sp³-hybridized carbons (Fsp3) is 0. The number of nitrogens with zero attached hydrogens (tertiary/aromatic N) is 3. The van der Waals surface area contributed by atoms with E-state index in [0.29, 0.717) is 0 Å². The number of pyridine rings is 1. The van der Waals surface area contributed by atoms with E-state index in [4.69, 9.17) is 11.6 Å². The highest BCUT2D eigenvalue weighted by Crippen LogP contribution is 2.21. The number of fused-ring (bicyclic) bond motifs is 3. The Kier molecular flexibility index (Phi) is 1.49. The van der Waals surface area contributed by atoms with E-state index in [1.165, 1.54) is 0 Å². The quantitative estimate of drug-likeness (QED) is 0.562. The van der Waals surface area contributed by atoms with Crippen LogP contribution in [0.5, 0.6) is 0 Å². The van der Waals surface area contributed by atoms with E-state index < -0.39 is 0 Å². The molecule has 68 valence electrons. The predicted octanol–water partition coefficient (Wildman–Crippen LogP) is 2.54. The van der Waals surface area contributed by atoms with Crippen molar-refractivity contribution in [1.29, 1.82) is 0 Å². The zero-order valence-electron chi connectivity index (χ0n) is 7.18. The van der Waals surface area contributed by atoms with Gasteiger partial charge in [-0.2, -0.15) is 0 Å². The van der Waals surface area contributed by atoms with Gasteiger partial charge in [0.2, 0.25) is 0 Å². The van der Waals surface area contributed by atoms with Crippen LogP contribution in [-0.4, -0.2) is 14.6 Å². The van der Waals surface area contributed by atoms with Crippen LogP contribution >= 0.6 is 11.6 Å². The highest BCUT2D eigenvalue weighted by Gasteiger charge is 2.01. The zero-order chi connectivity index (χ0) is 9.54. The first-order chi connectivity index (χ1) is 6.84. The molecule has 2 aromatic heterocycles. The molecule has 3 nitrogen and oxygen atoms in total. The molecule has 2 heterocycles. The molecule has 0 unspecified atom stereocenters. The SMILES string of the molecule is Clc1ccc2c(ccn3cnnc23)c1. The second-order valence-corrected chi connectivity index (χ2v) is 3.55. The molecule has 0 fully saturated rings. The lowest BCUT2D eigenvalue weighted by Crippen LogP contribution is -1.84. The Morgan fingerprint density at radius 3 is 3.07 bits per heavy atom. The maximum absolute atomic E-state index is 5.90. The number of hydrogen-bond acceptors (Lipinski definition) is 2. The van der Waals surface area contributed by atoms with Crippen molar-refractivity contribution < 1.29 is 0 Å². The summed E-state index contributed by atoms with van der Waals surface area (Å²) in [6, 6.07) is 7.74. The fourth-order valence-electron chi connectivity index (χ4n) is 1.58. The molecule has 0 saturated carbocycles. The van der Waals surface area contributed by atoms with Crippen molar-refractivity contribution in [3.05, 3.63) is 41.8 Å². The molecule has 0 aliphatic carbocycles. The van der Waals surface area contributed by atoms with Crippen molar-refractivity contribution in [1.82, 2.24) is 14.6 Å². The van der Waals surface area contributed by atoms with E-state index in [0.717, 1.165) is 21.4 Å². The minimum atomic E-state index is 0.737. The van der Waals surface area contributed by atoms with Crippen molar-refractivity contribution in [2.45, 2.75) is 0 Å². The third-order valence-electron chi connectivity index (χ3n) is 2.24. The number of halogens is 1. The summed E-state index contributed by atoms with van der Waals surface area (Å²) in [4.78, 5) is 0. The molecule has 0 spiro atoms. The van der Waals surface area contributed by atoms with Crippen LogP contribution in [0.4, 0.5) is 0 Å². The molecular formula is C10H6ClN3. The largest absolute Gasteiger partial charge is 0.289 e. The third-order valence-corrected chi connectivity index (χ3v) is 2.48. The number of benzene rings is 1. The Morgan fingerprint density at radius 2 is 2.14 bits per heavy atom. The summed E-state index contributed by atoms with van der Waals surface area (Å²) in [7, 11) is 0. The summed E-state index contributed by atoms with van der Waals surface area (Å²) in [5, 5.41) is 10.8. The Bertz CT molecular complexity index is 615. The molecule has 0 radical (unpaired) electrons. The first-order valence-corrected chi connectivity index (χ1v) is 4.60. The summed E-state index contributed by atoms with van der Waals surface area (Å²) in [5.41, 5.74) is 0.860. The molecule has 0 bridgehead atoms. The Hall–Kier alpha value is -1.61. The lowest BCUT2D eigenvalue weighted by atomic mass is 10.2. The van der Waals surface area contributed by atoms with Crippen molar-refractivity contribution in [3.8, 4) is 0 Å². The Morgan fingerprint density at radius 1 is 1.21 bits per heavy atom. The van der Waals surface area contributed by atoms with Gasteiger partial charge in [0, 0.05) is 16.6 Å². The molecule has 3 rings (SSSR count). The van der Waals surface area contributed by atoms with Crippen LogP contribution in [0, 0.1) is 0 Å². The summed E-state index contributed by atoms with van der Waals surface area (Å²) in [6.45, 7) is 0. The van der Waals surface area contributed by atoms with E-state index in [1.54, 1.807) is 6.33 Å². The highest BCUT2D eigenvalue weighted by atomic mass is 35.5. The molecule has 0 aliphatic rings. The van der Waals surface area contributed by atoms with E-state index >= 15 is 0 Å². The molecule has 3 aromatic rings. The molecule has 0 aliphatic heterocycles. The Labute approximate surface area is 84.9 Å². The van der Waals surface area contributed by atoms with Crippen molar-refractivity contribution >= 4 is 28.0 Å². The molecule has 0 atom stereocenters. The lowest BCUT2D eigenvalue weighted by Gasteiger charge is -1.99. The van der Waals surface area contributed by atoms with Crippen molar-refractivity contribution in [2.24, 2.45) is 0 Å². The van der Waals surface area contributed by atoms with Crippen molar-refractivity contribution in [2.75, 3.05) is 0 Å². The topological polar surface area (TPSA) is 30.2 Å². The van der Waals surface area contributed by atoms with Gasteiger partial charge in [-0.25, -0.2) is 0 Å². The van der Waals surface area contributed by atoms with E-state index in [2.05, 4.69) is 10.2 Å². The highest BCUT2D eigenvalue weighted by molar-refractivity contribution is 6.31. The zero-order valence-corrected chi connectivity index (χ0v) is 7.94. The van der Waals surface area contributed by atoms with Crippen LogP contribution in [0.3, 0.4) is 0 Å². The van der Waals surface area contributed by atoms with Gasteiger partial charge >= 0.3 is 0 Å². The van der Waals surface area contributed by atoms with Gasteiger partial charge in [-0.05, 0) is 29.7 Å². The summed E-state index contributed by atoms with van der Waals surface area (Å²) >= 11 is 5.90. The van der Waals surface area contributed by atoms with Gasteiger partial charge in [0.05, 0.1) is 0 Å². The molecule has 0 N–H and O–H groups in total. The van der Waals surface area contributed by atoms with Crippen LogP contribution in [0.1, 0.15) is 0 Å². The average Bonchev–Trinajstić information content (AvgIpc) is 2.65. The smallest absolute Gasteiger partial charge is 0.168 e. The van der Waals surface area contributed by atoms with Crippen LogP contribution in [0.25, 0.3) is 16.4 Å². The van der Waals surface area contributed by atoms with E-state index in [1.807, 2.05) is 34.9 Å². The number of rotatable bonds is 0. The van der Waals surface area contributed by atoms with Gasteiger partial charge in [-0.3, -0.25) is 4.40 Å². The second kappa shape index (κ2) is 2.69. The molecule has 0 amide bonds. The van der Waals surface area contributed by atoms with Gasteiger partial charge < -0.3 is 0 Å². The van der Waals surface area contributed by atoms with Crippen LogP contribution in [0.15, 0.2) is 36.8 Å². The van der Waals surface area contributed by atoms with Gasteiger partial charge in [0.1, 0.15) is 6.33 Å². The Balaban J connectivity index is 2.57. The molecule has 14 heavy (non-hydrogen) atoms. The standard InChI is InChI=1S/C10H6ClN3/c11-8-1-2-9-7(5-8)3-4-14-6-12-13-10(9)14/h1-6H. The predicted molar refractivity (Wildman–Crippen MR) is 55.5 cm³/mol. The first kappa shape index (κ1) is 7.76. The maximum Gasteiger partial charge on any atom is 0.168 e. The summed E-state index contributed by atoms with van der Waals surface area (Å²) in [6.07, 6.45) is 3.61.